The molecule has 1 N–H and O–H groups in total. The maximum atomic E-state index is 10.8. The first kappa shape index (κ1) is 10.8. The second-order valence-electron chi connectivity index (χ2n) is 2.38. The largest absolute Gasteiger partial charge is 0.494 e. The summed E-state index contributed by atoms with van der Waals surface area (Å²) in [7, 11) is 3.02. The van der Waals surface area contributed by atoms with Crippen LogP contribution in [0.1, 0.15) is 0 Å². The standard InChI is InChI=1S/C8H10N2O3S/c1-9-10-7-5-6(14(11)12)3-4-8(7)13-2/h3-5H,1-2H3,(H,11,12). The van der Waals surface area contributed by atoms with E-state index in [1.165, 1.54) is 26.3 Å². The summed E-state index contributed by atoms with van der Waals surface area (Å²) >= 11 is -2.01. The molecule has 0 aliphatic rings. The molecule has 1 rings (SSSR count). The number of nitrogens with zero attached hydrogens (tertiary/aromatic N) is 2. The van der Waals surface area contributed by atoms with E-state index in [9.17, 15) is 4.21 Å². The van der Waals surface area contributed by atoms with Crippen molar-refractivity contribution in [1.29, 1.82) is 0 Å². The third-order valence-electron chi connectivity index (χ3n) is 1.56. The third kappa shape index (κ3) is 2.36. The summed E-state index contributed by atoms with van der Waals surface area (Å²) in [5.74, 6) is 0.518. The lowest BCUT2D eigenvalue weighted by molar-refractivity contribution is 0.415. The molecule has 0 saturated heterocycles. The van der Waals surface area contributed by atoms with Crippen molar-refractivity contribution in [3.8, 4) is 5.75 Å². The molecule has 76 valence electrons. The normalized spacial score (nSPS) is 13.1. The molecule has 0 aromatic heterocycles. The van der Waals surface area contributed by atoms with E-state index >= 15 is 0 Å². The summed E-state index contributed by atoms with van der Waals surface area (Å²) in [6.45, 7) is 0. The Kier molecular flexibility index (Phi) is 3.73. The molecule has 0 bridgehead atoms. The van der Waals surface area contributed by atoms with Crippen molar-refractivity contribution >= 4 is 16.8 Å². The van der Waals surface area contributed by atoms with Gasteiger partial charge in [0.25, 0.3) is 0 Å². The van der Waals surface area contributed by atoms with Gasteiger partial charge in [-0.1, -0.05) is 0 Å². The molecular weight excluding hydrogens is 204 g/mol. The van der Waals surface area contributed by atoms with Crippen LogP contribution in [-0.4, -0.2) is 22.9 Å². The quantitative estimate of drug-likeness (QED) is 0.617. The number of hydrogen-bond acceptors (Lipinski definition) is 4. The van der Waals surface area contributed by atoms with Crippen LogP contribution in [0.2, 0.25) is 0 Å². The number of azo groups is 1. The number of hydrogen-bond donors (Lipinski definition) is 1. The van der Waals surface area contributed by atoms with E-state index in [1.54, 1.807) is 6.07 Å². The van der Waals surface area contributed by atoms with Crippen LogP contribution in [0.25, 0.3) is 0 Å². The van der Waals surface area contributed by atoms with Crippen molar-refractivity contribution < 1.29 is 13.5 Å². The zero-order valence-corrected chi connectivity index (χ0v) is 8.61. The average Bonchev–Trinajstić information content (AvgIpc) is 2.18. The molecule has 1 atom stereocenters. The zero-order valence-electron chi connectivity index (χ0n) is 7.80. The molecule has 14 heavy (non-hydrogen) atoms. The Morgan fingerprint density at radius 1 is 1.50 bits per heavy atom. The third-order valence-corrected chi connectivity index (χ3v) is 2.22. The van der Waals surface area contributed by atoms with Crippen molar-refractivity contribution in [3.63, 3.8) is 0 Å². The van der Waals surface area contributed by atoms with Crippen molar-refractivity contribution in [2.75, 3.05) is 14.2 Å². The maximum absolute atomic E-state index is 10.8. The Hall–Kier alpha value is -1.27. The van der Waals surface area contributed by atoms with Gasteiger partial charge in [0.15, 0.2) is 11.1 Å². The van der Waals surface area contributed by atoms with Crippen LogP contribution < -0.4 is 4.74 Å². The van der Waals surface area contributed by atoms with E-state index in [-0.39, 0.29) is 4.90 Å². The summed E-state index contributed by atoms with van der Waals surface area (Å²) in [4.78, 5) is 0.271. The van der Waals surface area contributed by atoms with E-state index < -0.39 is 11.1 Å². The predicted molar refractivity (Wildman–Crippen MR) is 52.5 cm³/mol. The number of rotatable bonds is 3. The molecule has 0 fully saturated rings. The summed E-state index contributed by atoms with van der Waals surface area (Å²) < 4.78 is 24.6. The minimum atomic E-state index is -2.01. The molecule has 5 nitrogen and oxygen atoms in total. The van der Waals surface area contributed by atoms with Gasteiger partial charge < -0.3 is 9.29 Å². The lowest BCUT2D eigenvalue weighted by Crippen LogP contribution is -1.89. The number of methoxy groups -OCH3 is 1. The smallest absolute Gasteiger partial charge is 0.186 e. The molecule has 0 radical (unpaired) electrons. The number of ether oxygens (including phenoxy) is 1. The topological polar surface area (TPSA) is 71.2 Å². The molecule has 0 aliphatic carbocycles. The highest BCUT2D eigenvalue weighted by molar-refractivity contribution is 7.79. The second-order valence-corrected chi connectivity index (χ2v) is 3.35. The minimum absolute atomic E-state index is 0.271. The van der Waals surface area contributed by atoms with Crippen molar-refractivity contribution in [2.45, 2.75) is 4.90 Å². The van der Waals surface area contributed by atoms with E-state index in [4.69, 9.17) is 9.29 Å². The van der Waals surface area contributed by atoms with Gasteiger partial charge in [0.05, 0.1) is 12.0 Å². The molecule has 1 unspecified atom stereocenters. The van der Waals surface area contributed by atoms with Crippen molar-refractivity contribution in [3.05, 3.63) is 18.2 Å². The van der Waals surface area contributed by atoms with Gasteiger partial charge in [0.1, 0.15) is 11.4 Å². The Labute approximate surface area is 84.1 Å². The summed E-state index contributed by atoms with van der Waals surface area (Å²) in [6.07, 6.45) is 0. The van der Waals surface area contributed by atoms with Gasteiger partial charge in [-0.2, -0.15) is 10.2 Å². The van der Waals surface area contributed by atoms with Gasteiger partial charge in [-0.15, -0.1) is 0 Å². The van der Waals surface area contributed by atoms with Gasteiger partial charge in [-0.25, -0.2) is 4.21 Å². The molecule has 1 aromatic rings. The monoisotopic (exact) mass is 214 g/mol. The number of benzene rings is 1. The predicted octanol–water partition coefficient (Wildman–Crippen LogP) is 1.99. The SMILES string of the molecule is CN=Nc1cc(S(=O)O)ccc1OC. The molecule has 0 aliphatic heterocycles. The maximum Gasteiger partial charge on any atom is 0.186 e. The van der Waals surface area contributed by atoms with Crippen LogP contribution in [0, 0.1) is 0 Å². The van der Waals surface area contributed by atoms with Crippen LogP contribution in [-0.2, 0) is 11.1 Å². The summed E-state index contributed by atoms with van der Waals surface area (Å²) in [5, 5.41) is 7.35. The van der Waals surface area contributed by atoms with E-state index in [0.717, 1.165) is 0 Å². The molecule has 0 spiro atoms. The van der Waals surface area contributed by atoms with Gasteiger partial charge in [0, 0.05) is 7.05 Å². The molecule has 6 heteroatoms. The fraction of sp³-hybridized carbons (Fsp3) is 0.250. The van der Waals surface area contributed by atoms with E-state index in [2.05, 4.69) is 10.2 Å². The Bertz CT molecular complexity index is 379. The second kappa shape index (κ2) is 4.83. The fourth-order valence-electron chi connectivity index (χ4n) is 0.964. The van der Waals surface area contributed by atoms with E-state index in [1.807, 2.05) is 0 Å². The highest BCUT2D eigenvalue weighted by atomic mass is 32.2. The van der Waals surface area contributed by atoms with Crippen molar-refractivity contribution in [1.82, 2.24) is 0 Å². The Morgan fingerprint density at radius 2 is 2.21 bits per heavy atom. The first-order valence-electron chi connectivity index (χ1n) is 3.77. The minimum Gasteiger partial charge on any atom is -0.494 e. The molecular formula is C8H10N2O3S. The fourth-order valence-corrected chi connectivity index (χ4v) is 1.36. The van der Waals surface area contributed by atoms with Crippen LogP contribution >= 0.6 is 0 Å². The Balaban J connectivity index is 3.20. The van der Waals surface area contributed by atoms with Gasteiger partial charge in [-0.3, -0.25) is 0 Å². The Morgan fingerprint density at radius 3 is 2.71 bits per heavy atom. The molecule has 0 heterocycles. The summed E-state index contributed by atoms with van der Waals surface area (Å²) in [5.41, 5.74) is 0.440. The molecule has 0 amide bonds. The van der Waals surface area contributed by atoms with E-state index in [0.29, 0.717) is 11.4 Å². The van der Waals surface area contributed by atoms with Gasteiger partial charge in [0.2, 0.25) is 0 Å². The lowest BCUT2D eigenvalue weighted by atomic mass is 10.3. The first-order valence-corrected chi connectivity index (χ1v) is 4.88. The van der Waals surface area contributed by atoms with Crippen LogP contribution in [0.3, 0.4) is 0 Å². The van der Waals surface area contributed by atoms with Crippen LogP contribution in [0.5, 0.6) is 5.75 Å². The highest BCUT2D eigenvalue weighted by Gasteiger charge is 2.06. The average molecular weight is 214 g/mol. The van der Waals surface area contributed by atoms with Crippen molar-refractivity contribution in [2.24, 2.45) is 10.2 Å². The first-order chi connectivity index (χ1) is 6.69. The van der Waals surface area contributed by atoms with Gasteiger partial charge >= 0.3 is 0 Å². The molecule has 1 aromatic carbocycles. The lowest BCUT2D eigenvalue weighted by Gasteiger charge is -2.03. The van der Waals surface area contributed by atoms with Crippen LogP contribution in [0.4, 0.5) is 5.69 Å². The van der Waals surface area contributed by atoms with Gasteiger partial charge in [-0.05, 0) is 18.2 Å². The van der Waals surface area contributed by atoms with Crippen LogP contribution in [0.15, 0.2) is 33.3 Å². The highest BCUT2D eigenvalue weighted by Crippen LogP contribution is 2.29. The zero-order chi connectivity index (χ0) is 10.6. The molecule has 0 saturated carbocycles. The summed E-state index contributed by atoms with van der Waals surface area (Å²) in [6, 6.07) is 4.54.